The minimum Gasteiger partial charge on any atom is -0.497 e. The average Bonchev–Trinajstić information content (AvgIpc) is 2.80. The van der Waals surface area contributed by atoms with Crippen molar-refractivity contribution < 1.29 is 14.3 Å². The first-order valence-electron chi connectivity index (χ1n) is 5.14. The largest absolute Gasteiger partial charge is 0.497 e. The smallest absolute Gasteiger partial charge is 0.358 e. The number of nitrogen functional groups attached to an aromatic ring is 1. The van der Waals surface area contributed by atoms with E-state index in [1.165, 1.54) is 18.4 Å². The summed E-state index contributed by atoms with van der Waals surface area (Å²) in [7, 11) is 2.90. The number of esters is 1. The van der Waals surface area contributed by atoms with Crippen LogP contribution in [0, 0.1) is 0 Å². The van der Waals surface area contributed by atoms with Crippen molar-refractivity contribution in [3.8, 4) is 16.2 Å². The predicted octanol–water partition coefficient (Wildman–Crippen LogP) is 2.19. The molecular formula is C12H12N2O3S. The summed E-state index contributed by atoms with van der Waals surface area (Å²) in [5.74, 6) is 0.205. The third kappa shape index (κ3) is 2.28. The van der Waals surface area contributed by atoms with Gasteiger partial charge in [-0.05, 0) is 17.7 Å². The standard InChI is InChI=1S/C12H12N2O3S/c1-16-8-5-3-4-7(6-8)10-9(11(15)17-2)14-12(13)18-10/h3-6H,1-2H3,(H2,13,14). The zero-order valence-electron chi connectivity index (χ0n) is 9.97. The molecule has 0 unspecified atom stereocenters. The molecule has 0 fully saturated rings. The molecule has 0 radical (unpaired) electrons. The quantitative estimate of drug-likeness (QED) is 0.860. The van der Waals surface area contributed by atoms with Crippen LogP contribution in [-0.2, 0) is 4.74 Å². The van der Waals surface area contributed by atoms with Crippen molar-refractivity contribution in [3.05, 3.63) is 30.0 Å². The second-order valence-electron chi connectivity index (χ2n) is 3.45. The highest BCUT2D eigenvalue weighted by Crippen LogP contribution is 2.33. The second-order valence-corrected chi connectivity index (χ2v) is 4.48. The maximum absolute atomic E-state index is 11.6. The van der Waals surface area contributed by atoms with E-state index in [1.54, 1.807) is 7.11 Å². The Morgan fingerprint density at radius 3 is 2.83 bits per heavy atom. The van der Waals surface area contributed by atoms with E-state index in [2.05, 4.69) is 9.72 Å². The number of benzene rings is 1. The van der Waals surface area contributed by atoms with Crippen LogP contribution in [-0.4, -0.2) is 25.2 Å². The Labute approximate surface area is 108 Å². The number of hydrogen-bond donors (Lipinski definition) is 1. The van der Waals surface area contributed by atoms with Gasteiger partial charge in [-0.2, -0.15) is 0 Å². The summed E-state index contributed by atoms with van der Waals surface area (Å²) < 4.78 is 9.83. The summed E-state index contributed by atoms with van der Waals surface area (Å²) in [6.45, 7) is 0. The zero-order chi connectivity index (χ0) is 13.1. The molecule has 1 aromatic carbocycles. The van der Waals surface area contributed by atoms with Crippen LogP contribution in [0.4, 0.5) is 5.13 Å². The maximum Gasteiger partial charge on any atom is 0.358 e. The van der Waals surface area contributed by atoms with Gasteiger partial charge in [0.25, 0.3) is 0 Å². The van der Waals surface area contributed by atoms with E-state index in [9.17, 15) is 4.79 Å². The maximum atomic E-state index is 11.6. The van der Waals surface area contributed by atoms with Gasteiger partial charge in [-0.1, -0.05) is 23.5 Å². The van der Waals surface area contributed by atoms with E-state index in [1.807, 2.05) is 24.3 Å². The molecule has 2 rings (SSSR count). The fourth-order valence-corrected chi connectivity index (χ4v) is 2.35. The number of ether oxygens (including phenoxy) is 2. The Balaban J connectivity index is 2.52. The van der Waals surface area contributed by atoms with Gasteiger partial charge in [0.05, 0.1) is 19.1 Å². The Bertz CT molecular complexity index is 580. The van der Waals surface area contributed by atoms with Crippen molar-refractivity contribution in [2.24, 2.45) is 0 Å². The van der Waals surface area contributed by atoms with Gasteiger partial charge < -0.3 is 15.2 Å². The van der Waals surface area contributed by atoms with Crippen molar-refractivity contribution >= 4 is 22.4 Å². The lowest BCUT2D eigenvalue weighted by Gasteiger charge is -2.03. The van der Waals surface area contributed by atoms with E-state index in [-0.39, 0.29) is 5.69 Å². The number of carbonyl (C=O) groups is 1. The van der Waals surface area contributed by atoms with Crippen LogP contribution in [0.15, 0.2) is 24.3 Å². The molecule has 1 aromatic heterocycles. The third-order valence-corrected chi connectivity index (χ3v) is 3.29. The van der Waals surface area contributed by atoms with Crippen molar-refractivity contribution in [2.75, 3.05) is 20.0 Å². The van der Waals surface area contributed by atoms with Gasteiger partial charge in [-0.15, -0.1) is 0 Å². The summed E-state index contributed by atoms with van der Waals surface area (Å²) in [4.78, 5) is 16.3. The molecule has 2 aromatic rings. The van der Waals surface area contributed by atoms with E-state index >= 15 is 0 Å². The van der Waals surface area contributed by atoms with Gasteiger partial charge in [0.15, 0.2) is 10.8 Å². The summed E-state index contributed by atoms with van der Waals surface area (Å²) in [5, 5.41) is 0.327. The third-order valence-electron chi connectivity index (χ3n) is 2.35. The number of thiazole rings is 1. The van der Waals surface area contributed by atoms with Crippen LogP contribution in [0.3, 0.4) is 0 Å². The summed E-state index contributed by atoms with van der Waals surface area (Å²) in [6, 6.07) is 7.35. The molecule has 6 heteroatoms. The van der Waals surface area contributed by atoms with Crippen molar-refractivity contribution in [1.82, 2.24) is 4.98 Å². The van der Waals surface area contributed by atoms with Crippen LogP contribution in [0.1, 0.15) is 10.5 Å². The summed E-state index contributed by atoms with van der Waals surface area (Å²) in [6.07, 6.45) is 0. The lowest BCUT2D eigenvalue weighted by Crippen LogP contribution is -2.03. The Hall–Kier alpha value is -2.08. The van der Waals surface area contributed by atoms with Crippen molar-refractivity contribution in [2.45, 2.75) is 0 Å². The highest BCUT2D eigenvalue weighted by Gasteiger charge is 2.19. The molecule has 0 amide bonds. The van der Waals surface area contributed by atoms with Crippen LogP contribution in [0.25, 0.3) is 10.4 Å². The number of carbonyl (C=O) groups excluding carboxylic acids is 1. The first-order valence-corrected chi connectivity index (χ1v) is 5.96. The zero-order valence-corrected chi connectivity index (χ0v) is 10.8. The van der Waals surface area contributed by atoms with Crippen molar-refractivity contribution in [3.63, 3.8) is 0 Å². The molecule has 94 valence electrons. The summed E-state index contributed by atoms with van der Waals surface area (Å²) >= 11 is 1.24. The number of rotatable bonds is 3. The Morgan fingerprint density at radius 2 is 2.17 bits per heavy atom. The average molecular weight is 264 g/mol. The van der Waals surface area contributed by atoms with Gasteiger partial charge >= 0.3 is 5.97 Å². The van der Waals surface area contributed by atoms with Gasteiger partial charge in [0, 0.05) is 0 Å². The Kier molecular flexibility index (Phi) is 3.47. The molecule has 0 bridgehead atoms. The lowest BCUT2D eigenvalue weighted by molar-refractivity contribution is 0.0596. The molecule has 0 atom stereocenters. The van der Waals surface area contributed by atoms with E-state index in [0.29, 0.717) is 15.8 Å². The topological polar surface area (TPSA) is 74.4 Å². The first-order chi connectivity index (χ1) is 8.65. The number of aromatic nitrogens is 1. The number of methoxy groups -OCH3 is 2. The van der Waals surface area contributed by atoms with Crippen LogP contribution >= 0.6 is 11.3 Å². The lowest BCUT2D eigenvalue weighted by atomic mass is 10.1. The Morgan fingerprint density at radius 1 is 1.39 bits per heavy atom. The number of nitrogens with two attached hydrogens (primary N) is 1. The van der Waals surface area contributed by atoms with Gasteiger partial charge in [-0.25, -0.2) is 9.78 Å². The molecule has 0 saturated carbocycles. The molecule has 18 heavy (non-hydrogen) atoms. The van der Waals surface area contributed by atoms with E-state index in [0.717, 1.165) is 5.56 Å². The first kappa shape index (κ1) is 12.4. The van der Waals surface area contributed by atoms with Gasteiger partial charge in [0.2, 0.25) is 0 Å². The molecule has 0 aliphatic carbocycles. The molecule has 0 spiro atoms. The van der Waals surface area contributed by atoms with Crippen LogP contribution in [0.2, 0.25) is 0 Å². The molecule has 0 aliphatic heterocycles. The van der Waals surface area contributed by atoms with Crippen LogP contribution < -0.4 is 10.5 Å². The number of anilines is 1. The molecule has 5 nitrogen and oxygen atoms in total. The molecule has 1 heterocycles. The number of nitrogens with zero attached hydrogens (tertiary/aromatic N) is 1. The molecule has 0 aliphatic rings. The van der Waals surface area contributed by atoms with Crippen LogP contribution in [0.5, 0.6) is 5.75 Å². The second kappa shape index (κ2) is 5.05. The highest BCUT2D eigenvalue weighted by molar-refractivity contribution is 7.19. The van der Waals surface area contributed by atoms with Gasteiger partial charge in [-0.3, -0.25) is 0 Å². The molecule has 0 saturated heterocycles. The fraction of sp³-hybridized carbons (Fsp3) is 0.167. The molecular weight excluding hydrogens is 252 g/mol. The predicted molar refractivity (Wildman–Crippen MR) is 69.9 cm³/mol. The molecule has 2 N–H and O–H groups in total. The van der Waals surface area contributed by atoms with Gasteiger partial charge in [0.1, 0.15) is 5.75 Å². The van der Waals surface area contributed by atoms with E-state index in [4.69, 9.17) is 10.5 Å². The fourth-order valence-electron chi connectivity index (χ4n) is 1.53. The number of hydrogen-bond acceptors (Lipinski definition) is 6. The summed E-state index contributed by atoms with van der Waals surface area (Å²) in [5.41, 5.74) is 6.70. The SMILES string of the molecule is COC(=O)c1nc(N)sc1-c1cccc(OC)c1. The minimum absolute atomic E-state index is 0.230. The van der Waals surface area contributed by atoms with Crippen molar-refractivity contribution in [1.29, 1.82) is 0 Å². The highest BCUT2D eigenvalue weighted by atomic mass is 32.1. The minimum atomic E-state index is -0.499. The monoisotopic (exact) mass is 264 g/mol. The normalized spacial score (nSPS) is 10.1. The van der Waals surface area contributed by atoms with E-state index < -0.39 is 5.97 Å².